The molecule has 0 aliphatic carbocycles. The number of esters is 1. The van der Waals surface area contributed by atoms with Gasteiger partial charge < -0.3 is 15.4 Å². The highest BCUT2D eigenvalue weighted by Crippen LogP contribution is 2.16. The molecule has 0 spiro atoms. The smallest absolute Gasteiger partial charge is 0.327 e. The Hall–Kier alpha value is -1.39. The number of nitrogens with two attached hydrogens (primary N) is 1. The largest absolute Gasteiger partial charge is 0.463 e. The fourth-order valence-corrected chi connectivity index (χ4v) is 2.25. The molecule has 0 radical (unpaired) electrons. The van der Waals surface area contributed by atoms with Crippen LogP contribution in [0.5, 0.6) is 0 Å². The van der Waals surface area contributed by atoms with Crippen LogP contribution in [-0.4, -0.2) is 37.1 Å². The molecule has 98 valence electrons. The first-order chi connectivity index (χ1) is 8.68. The van der Waals surface area contributed by atoms with Crippen molar-refractivity contribution in [3.63, 3.8) is 0 Å². The maximum Gasteiger partial charge on any atom is 0.327 e. The molecule has 1 aliphatic rings. The number of hydrogen-bond donors (Lipinski definition) is 1. The van der Waals surface area contributed by atoms with Gasteiger partial charge in [0.1, 0.15) is 12.6 Å². The first-order valence-electron chi connectivity index (χ1n) is 6.36. The van der Waals surface area contributed by atoms with E-state index in [1.807, 2.05) is 30.3 Å². The van der Waals surface area contributed by atoms with Crippen molar-refractivity contribution < 1.29 is 9.53 Å². The van der Waals surface area contributed by atoms with Gasteiger partial charge in [-0.25, -0.2) is 4.79 Å². The lowest BCUT2D eigenvalue weighted by Crippen LogP contribution is -2.33. The van der Waals surface area contributed by atoms with Crippen molar-refractivity contribution in [2.45, 2.75) is 24.9 Å². The van der Waals surface area contributed by atoms with Gasteiger partial charge in [-0.15, -0.1) is 0 Å². The van der Waals surface area contributed by atoms with E-state index in [1.165, 1.54) is 6.42 Å². The lowest BCUT2D eigenvalue weighted by Gasteiger charge is -2.20. The normalized spacial score (nSPS) is 21.8. The van der Waals surface area contributed by atoms with E-state index in [-0.39, 0.29) is 5.97 Å². The van der Waals surface area contributed by atoms with Gasteiger partial charge in [-0.3, -0.25) is 0 Å². The van der Waals surface area contributed by atoms with Crippen LogP contribution in [0.3, 0.4) is 0 Å². The molecule has 0 aromatic heterocycles. The molecule has 4 heteroatoms. The molecule has 1 unspecified atom stereocenters. The van der Waals surface area contributed by atoms with Crippen molar-refractivity contribution in [3.05, 3.63) is 35.9 Å². The Balaban J connectivity index is 1.84. The van der Waals surface area contributed by atoms with Crippen molar-refractivity contribution >= 4 is 5.97 Å². The number of benzene rings is 1. The number of carbonyl (C=O) groups is 1. The van der Waals surface area contributed by atoms with Crippen LogP contribution >= 0.6 is 0 Å². The van der Waals surface area contributed by atoms with Crippen LogP contribution in [0.15, 0.2) is 30.3 Å². The first kappa shape index (κ1) is 13.1. The second-order valence-corrected chi connectivity index (χ2v) is 4.80. The summed E-state index contributed by atoms with van der Waals surface area (Å²) in [5.41, 5.74) is 6.66. The lowest BCUT2D eigenvalue weighted by molar-refractivity contribution is -0.146. The molecule has 2 atom stereocenters. The minimum atomic E-state index is -0.682. The Bertz CT molecular complexity index is 394. The van der Waals surface area contributed by atoms with Gasteiger partial charge >= 0.3 is 5.97 Å². The summed E-state index contributed by atoms with van der Waals surface area (Å²) in [6, 6.07) is 8.98. The zero-order valence-corrected chi connectivity index (χ0v) is 10.7. The Labute approximate surface area is 108 Å². The number of ether oxygens (including phenoxy) is 1. The van der Waals surface area contributed by atoms with E-state index in [9.17, 15) is 4.79 Å². The third kappa shape index (κ3) is 3.09. The Morgan fingerprint density at radius 1 is 1.50 bits per heavy atom. The number of rotatable bonds is 4. The van der Waals surface area contributed by atoms with Gasteiger partial charge in [-0.1, -0.05) is 30.3 Å². The van der Waals surface area contributed by atoms with Gasteiger partial charge in [0.25, 0.3) is 0 Å². The van der Waals surface area contributed by atoms with E-state index in [1.54, 1.807) is 0 Å². The first-order valence-corrected chi connectivity index (χ1v) is 6.36. The second-order valence-electron chi connectivity index (χ2n) is 4.80. The van der Waals surface area contributed by atoms with E-state index in [4.69, 9.17) is 10.5 Å². The summed E-state index contributed by atoms with van der Waals surface area (Å²) in [6.07, 6.45) is 2.26. The molecule has 1 aromatic carbocycles. The van der Waals surface area contributed by atoms with E-state index < -0.39 is 6.04 Å². The molecule has 1 fully saturated rings. The SMILES string of the molecule is CN1CCC[C@@H]1COC(=O)C(N)c1ccccc1. The standard InChI is InChI=1S/C14H20N2O2/c1-16-9-5-8-12(16)10-18-14(17)13(15)11-6-3-2-4-7-11/h2-4,6-7,12-13H,5,8-10,15H2,1H3/t12-,13?/m1/s1. The number of hydrogen-bond acceptors (Lipinski definition) is 4. The average molecular weight is 248 g/mol. The van der Waals surface area contributed by atoms with Crippen molar-refractivity contribution in [2.24, 2.45) is 5.73 Å². The highest BCUT2D eigenvalue weighted by atomic mass is 16.5. The van der Waals surface area contributed by atoms with Crippen molar-refractivity contribution in [1.82, 2.24) is 4.90 Å². The number of likely N-dealkylation sites (tertiary alicyclic amines) is 1. The van der Waals surface area contributed by atoms with Crippen LogP contribution < -0.4 is 5.73 Å². The molecule has 2 N–H and O–H groups in total. The summed E-state index contributed by atoms with van der Waals surface area (Å²) in [5.74, 6) is -0.346. The van der Waals surface area contributed by atoms with Crippen LogP contribution in [0.4, 0.5) is 0 Å². The molecular weight excluding hydrogens is 228 g/mol. The highest BCUT2D eigenvalue weighted by Gasteiger charge is 2.24. The zero-order valence-electron chi connectivity index (χ0n) is 10.7. The van der Waals surface area contributed by atoms with Gasteiger partial charge in [0.2, 0.25) is 0 Å². The minimum Gasteiger partial charge on any atom is -0.463 e. The second kappa shape index (κ2) is 5.98. The number of carbonyl (C=O) groups excluding carboxylic acids is 1. The summed E-state index contributed by atoms with van der Waals surface area (Å²) in [7, 11) is 2.06. The Kier molecular flexibility index (Phi) is 4.33. The van der Waals surface area contributed by atoms with Crippen LogP contribution in [0.25, 0.3) is 0 Å². The van der Waals surface area contributed by atoms with Gasteiger partial charge in [-0.05, 0) is 32.0 Å². The van der Waals surface area contributed by atoms with Gasteiger partial charge in [0.15, 0.2) is 0 Å². The van der Waals surface area contributed by atoms with Gasteiger partial charge in [0.05, 0.1) is 0 Å². The predicted octanol–water partition coefficient (Wildman–Crippen LogP) is 1.32. The fourth-order valence-electron chi connectivity index (χ4n) is 2.25. The molecule has 0 bridgehead atoms. The predicted molar refractivity (Wildman–Crippen MR) is 70.0 cm³/mol. The van der Waals surface area contributed by atoms with E-state index in [2.05, 4.69) is 11.9 Å². The fraction of sp³-hybridized carbons (Fsp3) is 0.500. The van der Waals surface area contributed by atoms with Crippen molar-refractivity contribution in [3.8, 4) is 0 Å². The van der Waals surface area contributed by atoms with E-state index >= 15 is 0 Å². The third-order valence-electron chi connectivity index (χ3n) is 3.50. The minimum absolute atomic E-state index is 0.344. The third-order valence-corrected chi connectivity index (χ3v) is 3.50. The molecule has 1 heterocycles. The Morgan fingerprint density at radius 2 is 2.22 bits per heavy atom. The Morgan fingerprint density at radius 3 is 2.83 bits per heavy atom. The molecular formula is C14H20N2O2. The summed E-state index contributed by atoms with van der Waals surface area (Å²) in [6.45, 7) is 1.52. The van der Waals surface area contributed by atoms with Crippen LogP contribution in [0.1, 0.15) is 24.4 Å². The topological polar surface area (TPSA) is 55.6 Å². The highest BCUT2D eigenvalue weighted by molar-refractivity contribution is 5.77. The molecule has 4 nitrogen and oxygen atoms in total. The van der Waals surface area contributed by atoms with Crippen molar-refractivity contribution in [2.75, 3.05) is 20.2 Å². The average Bonchev–Trinajstić information content (AvgIpc) is 2.81. The molecule has 2 rings (SSSR count). The van der Waals surface area contributed by atoms with Crippen LogP contribution in [-0.2, 0) is 9.53 Å². The maximum atomic E-state index is 11.8. The molecule has 1 saturated heterocycles. The van der Waals surface area contributed by atoms with E-state index in [0.717, 1.165) is 18.5 Å². The molecule has 0 amide bonds. The molecule has 18 heavy (non-hydrogen) atoms. The summed E-state index contributed by atoms with van der Waals surface area (Å²) >= 11 is 0. The van der Waals surface area contributed by atoms with Crippen LogP contribution in [0.2, 0.25) is 0 Å². The van der Waals surface area contributed by atoms with Crippen molar-refractivity contribution in [1.29, 1.82) is 0 Å². The van der Waals surface area contributed by atoms with Crippen LogP contribution in [0, 0.1) is 0 Å². The molecule has 1 aromatic rings. The van der Waals surface area contributed by atoms with E-state index in [0.29, 0.717) is 12.6 Å². The van der Waals surface area contributed by atoms with Gasteiger partial charge in [-0.2, -0.15) is 0 Å². The zero-order chi connectivity index (χ0) is 13.0. The quantitative estimate of drug-likeness (QED) is 0.817. The summed E-state index contributed by atoms with van der Waals surface area (Å²) in [4.78, 5) is 14.1. The monoisotopic (exact) mass is 248 g/mol. The summed E-state index contributed by atoms with van der Waals surface area (Å²) in [5, 5.41) is 0. The van der Waals surface area contributed by atoms with Gasteiger partial charge in [0, 0.05) is 6.04 Å². The molecule has 0 saturated carbocycles. The number of likely N-dealkylation sites (N-methyl/N-ethyl adjacent to an activating group) is 1. The lowest BCUT2D eigenvalue weighted by atomic mass is 10.1. The molecule has 1 aliphatic heterocycles. The number of nitrogens with zero attached hydrogens (tertiary/aromatic N) is 1. The maximum absolute atomic E-state index is 11.8. The summed E-state index contributed by atoms with van der Waals surface area (Å²) < 4.78 is 5.31.